The molecule has 0 aliphatic heterocycles. The Hall–Kier alpha value is 0.0500. The van der Waals surface area contributed by atoms with Gasteiger partial charge in [0.1, 0.15) is 0 Å². The zero-order valence-electron chi connectivity index (χ0n) is 6.51. The summed E-state index contributed by atoms with van der Waals surface area (Å²) in [5.74, 6) is 0. The maximum atomic E-state index is 3.44. The van der Waals surface area contributed by atoms with Gasteiger partial charge in [0.05, 0.1) is 0 Å². The van der Waals surface area contributed by atoms with E-state index in [2.05, 4.69) is 46.5 Å². The van der Waals surface area contributed by atoms with Crippen molar-refractivity contribution in [2.45, 2.75) is 11.3 Å². The van der Waals surface area contributed by atoms with E-state index in [1.54, 1.807) is 0 Å². The lowest BCUT2D eigenvalue weighted by Crippen LogP contribution is -1.87. The van der Waals surface area contributed by atoms with Crippen LogP contribution < -0.4 is 0 Å². The van der Waals surface area contributed by atoms with Gasteiger partial charge >= 0.3 is 0 Å². The number of rotatable bonds is 3. The average molecular weight is 231 g/mol. The van der Waals surface area contributed by atoms with Crippen LogP contribution in [0.15, 0.2) is 29.2 Å². The van der Waals surface area contributed by atoms with E-state index in [1.165, 1.54) is 10.5 Å². The van der Waals surface area contributed by atoms with Crippen molar-refractivity contribution in [3.05, 3.63) is 29.8 Å². The molecule has 1 aromatic carbocycles. The molecule has 0 unspecified atom stereocenters. The maximum absolute atomic E-state index is 3.44. The first-order valence-electron chi connectivity index (χ1n) is 3.56. The summed E-state index contributed by atoms with van der Waals surface area (Å²) in [6, 6.07) is 8.54. The number of benzene rings is 1. The first-order chi connectivity index (χ1) is 5.38. The predicted molar refractivity (Wildman–Crippen MR) is 55.7 cm³/mol. The highest BCUT2D eigenvalue weighted by molar-refractivity contribution is 9.09. The van der Waals surface area contributed by atoms with Crippen molar-refractivity contribution >= 4 is 27.7 Å². The second-order valence-electron chi connectivity index (χ2n) is 2.25. The third-order valence-corrected chi connectivity index (χ3v) is 2.79. The summed E-state index contributed by atoms with van der Waals surface area (Å²) in [4.78, 5) is 1.40. The van der Waals surface area contributed by atoms with Crippen LogP contribution in [0.2, 0.25) is 0 Å². The quantitative estimate of drug-likeness (QED) is 0.567. The van der Waals surface area contributed by atoms with Crippen molar-refractivity contribution in [1.29, 1.82) is 0 Å². The highest BCUT2D eigenvalue weighted by Gasteiger charge is 1.97. The maximum Gasteiger partial charge on any atom is 0.0101 e. The van der Waals surface area contributed by atoms with E-state index in [0.717, 1.165) is 11.8 Å². The molecule has 0 atom stereocenters. The molecular weight excluding hydrogens is 220 g/mol. The Morgan fingerprint density at radius 1 is 1.36 bits per heavy atom. The van der Waals surface area contributed by atoms with Gasteiger partial charge in [0.25, 0.3) is 0 Å². The lowest BCUT2D eigenvalue weighted by Gasteiger charge is -2.03. The second kappa shape index (κ2) is 4.83. The molecule has 0 nitrogen and oxygen atoms in total. The minimum absolute atomic E-state index is 1.05. The summed E-state index contributed by atoms with van der Waals surface area (Å²) in [5, 5.41) is 1.05. The second-order valence-corrected chi connectivity index (χ2v) is 3.89. The fourth-order valence-corrected chi connectivity index (χ4v) is 2.09. The van der Waals surface area contributed by atoms with E-state index in [-0.39, 0.29) is 0 Å². The zero-order chi connectivity index (χ0) is 8.10. The topological polar surface area (TPSA) is 0 Å². The molecule has 0 bridgehead atoms. The molecule has 0 radical (unpaired) electrons. The van der Waals surface area contributed by atoms with Crippen molar-refractivity contribution in [3.63, 3.8) is 0 Å². The Bertz CT molecular complexity index is 223. The summed E-state index contributed by atoms with van der Waals surface area (Å²) < 4.78 is 0. The zero-order valence-corrected chi connectivity index (χ0v) is 8.91. The fraction of sp³-hybridized carbons (Fsp3) is 0.333. The van der Waals surface area contributed by atoms with Gasteiger partial charge in [-0.3, -0.25) is 0 Å². The number of alkyl halides is 1. The highest BCUT2D eigenvalue weighted by atomic mass is 79.9. The molecule has 0 aromatic heterocycles. The van der Waals surface area contributed by atoms with Crippen LogP contribution >= 0.6 is 27.7 Å². The molecule has 0 spiro atoms. The number of aryl methyl sites for hydroxylation is 1. The third kappa shape index (κ3) is 2.53. The van der Waals surface area contributed by atoms with Gasteiger partial charge in [0.15, 0.2) is 0 Å². The molecule has 1 rings (SSSR count). The molecular formula is C9H11BrS. The van der Waals surface area contributed by atoms with Crippen LogP contribution in [-0.2, 0) is 6.42 Å². The van der Waals surface area contributed by atoms with Crippen molar-refractivity contribution in [1.82, 2.24) is 0 Å². The van der Waals surface area contributed by atoms with E-state index < -0.39 is 0 Å². The summed E-state index contributed by atoms with van der Waals surface area (Å²) >= 11 is 5.25. The Balaban J connectivity index is 2.83. The summed E-state index contributed by atoms with van der Waals surface area (Å²) in [6.07, 6.45) is 3.24. The van der Waals surface area contributed by atoms with Crippen molar-refractivity contribution < 1.29 is 0 Å². The molecule has 0 aliphatic carbocycles. The molecule has 0 saturated heterocycles. The molecule has 0 heterocycles. The SMILES string of the molecule is CSc1ccccc1CCBr. The van der Waals surface area contributed by atoms with Gasteiger partial charge < -0.3 is 0 Å². The molecule has 0 aliphatic rings. The van der Waals surface area contributed by atoms with E-state index in [9.17, 15) is 0 Å². The molecule has 1 aromatic rings. The van der Waals surface area contributed by atoms with Crippen molar-refractivity contribution in [2.75, 3.05) is 11.6 Å². The van der Waals surface area contributed by atoms with Crippen molar-refractivity contribution in [3.8, 4) is 0 Å². The van der Waals surface area contributed by atoms with Crippen LogP contribution in [0.1, 0.15) is 5.56 Å². The Labute approximate surface area is 80.5 Å². The van der Waals surface area contributed by atoms with Gasteiger partial charge in [-0.1, -0.05) is 34.1 Å². The van der Waals surface area contributed by atoms with Crippen LogP contribution in [0.3, 0.4) is 0 Å². The standard InChI is InChI=1S/C9H11BrS/c1-11-9-5-3-2-4-8(9)6-7-10/h2-5H,6-7H2,1H3. The predicted octanol–water partition coefficient (Wildman–Crippen LogP) is 3.35. The highest BCUT2D eigenvalue weighted by Crippen LogP contribution is 2.20. The Morgan fingerprint density at radius 2 is 2.09 bits per heavy atom. The molecule has 0 fully saturated rings. The van der Waals surface area contributed by atoms with E-state index in [1.807, 2.05) is 11.8 Å². The van der Waals surface area contributed by atoms with Crippen LogP contribution in [0.4, 0.5) is 0 Å². The lowest BCUT2D eigenvalue weighted by atomic mass is 10.2. The Kier molecular flexibility index (Phi) is 4.02. The molecule has 2 heteroatoms. The van der Waals surface area contributed by atoms with E-state index >= 15 is 0 Å². The Morgan fingerprint density at radius 3 is 2.73 bits per heavy atom. The van der Waals surface area contributed by atoms with Gasteiger partial charge in [-0.25, -0.2) is 0 Å². The number of hydrogen-bond acceptors (Lipinski definition) is 1. The summed E-state index contributed by atoms with van der Waals surface area (Å²) in [7, 11) is 0. The van der Waals surface area contributed by atoms with E-state index in [4.69, 9.17) is 0 Å². The van der Waals surface area contributed by atoms with Crippen LogP contribution in [0, 0.1) is 0 Å². The minimum atomic E-state index is 1.05. The van der Waals surface area contributed by atoms with Gasteiger partial charge in [-0.05, 0) is 24.3 Å². The summed E-state index contributed by atoms with van der Waals surface area (Å²) in [5.41, 5.74) is 1.44. The van der Waals surface area contributed by atoms with Gasteiger partial charge in [-0.2, -0.15) is 0 Å². The number of hydrogen-bond donors (Lipinski definition) is 0. The third-order valence-electron chi connectivity index (χ3n) is 1.56. The fourth-order valence-electron chi connectivity index (χ4n) is 1.01. The average Bonchev–Trinajstić information content (AvgIpc) is 2.06. The molecule has 0 N–H and O–H groups in total. The summed E-state index contributed by atoms with van der Waals surface area (Å²) in [6.45, 7) is 0. The number of halogens is 1. The van der Waals surface area contributed by atoms with Crippen LogP contribution in [0.5, 0.6) is 0 Å². The van der Waals surface area contributed by atoms with Crippen LogP contribution in [0.25, 0.3) is 0 Å². The van der Waals surface area contributed by atoms with Crippen molar-refractivity contribution in [2.24, 2.45) is 0 Å². The lowest BCUT2D eigenvalue weighted by molar-refractivity contribution is 1.11. The number of thioether (sulfide) groups is 1. The van der Waals surface area contributed by atoms with E-state index in [0.29, 0.717) is 0 Å². The largest absolute Gasteiger partial charge is 0.129 e. The first-order valence-corrected chi connectivity index (χ1v) is 5.91. The minimum Gasteiger partial charge on any atom is -0.129 e. The van der Waals surface area contributed by atoms with Gasteiger partial charge in [-0.15, -0.1) is 11.8 Å². The van der Waals surface area contributed by atoms with Gasteiger partial charge in [0, 0.05) is 10.2 Å². The normalized spacial score (nSPS) is 10.0. The van der Waals surface area contributed by atoms with Crippen LogP contribution in [-0.4, -0.2) is 11.6 Å². The molecule has 0 saturated carbocycles. The molecule has 11 heavy (non-hydrogen) atoms. The van der Waals surface area contributed by atoms with Gasteiger partial charge in [0.2, 0.25) is 0 Å². The monoisotopic (exact) mass is 230 g/mol. The molecule has 60 valence electrons. The molecule has 0 amide bonds. The first kappa shape index (κ1) is 9.14. The smallest absolute Gasteiger partial charge is 0.0101 e.